The minimum atomic E-state index is 0.426. The maximum atomic E-state index is 5.41. The average Bonchev–Trinajstić information content (AvgIpc) is 2.57. The molecule has 2 heterocycles. The molecule has 0 fully saturated rings. The highest BCUT2D eigenvalue weighted by Crippen LogP contribution is 2.24. The van der Waals surface area contributed by atoms with E-state index in [2.05, 4.69) is 31.1 Å². The Morgan fingerprint density at radius 3 is 3.00 bits per heavy atom. The van der Waals surface area contributed by atoms with Crippen LogP contribution in [0.3, 0.4) is 0 Å². The van der Waals surface area contributed by atoms with Gasteiger partial charge >= 0.3 is 0 Å². The standard InChI is InChI=1S/C9H8BrN3OS/c1-6-9(10)15-8(12-6)5-14-7-3-2-4-11-13-7/h2-4H,5H2,1H3. The van der Waals surface area contributed by atoms with Gasteiger partial charge < -0.3 is 4.74 Å². The number of thiazole rings is 1. The summed E-state index contributed by atoms with van der Waals surface area (Å²) in [5.41, 5.74) is 0.984. The van der Waals surface area contributed by atoms with Gasteiger partial charge in [0.2, 0.25) is 5.88 Å². The quantitative estimate of drug-likeness (QED) is 0.870. The van der Waals surface area contributed by atoms with Gasteiger partial charge in [0.1, 0.15) is 11.6 Å². The van der Waals surface area contributed by atoms with Crippen molar-refractivity contribution in [2.45, 2.75) is 13.5 Å². The molecule has 0 unspecified atom stereocenters. The summed E-state index contributed by atoms with van der Waals surface area (Å²) in [5, 5.41) is 8.46. The molecule has 4 nitrogen and oxygen atoms in total. The minimum Gasteiger partial charge on any atom is -0.469 e. The maximum absolute atomic E-state index is 5.41. The molecular weight excluding hydrogens is 278 g/mol. The number of nitrogens with zero attached hydrogens (tertiary/aromatic N) is 3. The SMILES string of the molecule is Cc1nc(COc2cccnn2)sc1Br. The Labute approximate surface area is 99.5 Å². The molecular formula is C9H8BrN3OS. The fourth-order valence-electron chi connectivity index (χ4n) is 0.993. The Hall–Kier alpha value is -1.01. The molecule has 0 aliphatic rings. The normalized spacial score (nSPS) is 10.3. The zero-order chi connectivity index (χ0) is 10.7. The molecule has 6 heteroatoms. The van der Waals surface area contributed by atoms with Gasteiger partial charge in [-0.15, -0.1) is 16.4 Å². The molecule has 0 spiro atoms. The summed E-state index contributed by atoms with van der Waals surface area (Å²) in [6.45, 7) is 2.38. The lowest BCUT2D eigenvalue weighted by atomic mass is 10.5. The van der Waals surface area contributed by atoms with Crippen molar-refractivity contribution in [1.82, 2.24) is 15.2 Å². The third-order valence-electron chi connectivity index (χ3n) is 1.68. The van der Waals surface area contributed by atoms with Gasteiger partial charge in [0.15, 0.2) is 0 Å². The van der Waals surface area contributed by atoms with E-state index in [0.29, 0.717) is 12.5 Å². The van der Waals surface area contributed by atoms with Gasteiger partial charge in [-0.25, -0.2) is 4.98 Å². The van der Waals surface area contributed by atoms with E-state index in [1.54, 1.807) is 29.7 Å². The van der Waals surface area contributed by atoms with E-state index in [1.165, 1.54) is 0 Å². The van der Waals surface area contributed by atoms with Gasteiger partial charge in [-0.2, -0.15) is 5.10 Å². The Balaban J connectivity index is 1.99. The molecule has 0 aromatic carbocycles. The first-order chi connectivity index (χ1) is 7.25. The van der Waals surface area contributed by atoms with Crippen LogP contribution in [0.2, 0.25) is 0 Å². The van der Waals surface area contributed by atoms with Crippen LogP contribution in [0.4, 0.5) is 0 Å². The van der Waals surface area contributed by atoms with Crippen LogP contribution in [0, 0.1) is 6.92 Å². The Bertz CT molecular complexity index is 426. The van der Waals surface area contributed by atoms with Crippen molar-refractivity contribution in [1.29, 1.82) is 0 Å². The Morgan fingerprint density at radius 2 is 2.40 bits per heavy atom. The van der Waals surface area contributed by atoms with Crippen LogP contribution in [-0.2, 0) is 6.61 Å². The second-order valence-corrected chi connectivity index (χ2v) is 5.22. The molecule has 2 rings (SSSR count). The van der Waals surface area contributed by atoms with Gasteiger partial charge in [-0.3, -0.25) is 0 Å². The van der Waals surface area contributed by atoms with Crippen LogP contribution in [0.5, 0.6) is 5.88 Å². The van der Waals surface area contributed by atoms with Crippen molar-refractivity contribution in [2.75, 3.05) is 0 Å². The first kappa shape index (κ1) is 10.5. The fraction of sp³-hybridized carbons (Fsp3) is 0.222. The van der Waals surface area contributed by atoms with Crippen LogP contribution >= 0.6 is 27.3 Å². The molecule has 78 valence electrons. The topological polar surface area (TPSA) is 47.9 Å². The molecule has 2 aromatic heterocycles. The van der Waals surface area contributed by atoms with Gasteiger partial charge in [0.25, 0.3) is 0 Å². The number of aryl methyl sites for hydroxylation is 1. The molecule has 0 N–H and O–H groups in total. The number of aromatic nitrogens is 3. The molecule has 0 radical (unpaired) electrons. The largest absolute Gasteiger partial charge is 0.469 e. The van der Waals surface area contributed by atoms with Gasteiger partial charge in [0.05, 0.1) is 9.48 Å². The highest BCUT2D eigenvalue weighted by Gasteiger charge is 2.05. The number of rotatable bonds is 3. The van der Waals surface area contributed by atoms with Crippen molar-refractivity contribution < 1.29 is 4.74 Å². The molecule has 0 saturated carbocycles. The van der Waals surface area contributed by atoms with Crippen molar-refractivity contribution >= 4 is 27.3 Å². The van der Waals surface area contributed by atoms with E-state index in [1.807, 2.05) is 6.92 Å². The predicted octanol–water partition coefficient (Wildman–Crippen LogP) is 2.58. The second kappa shape index (κ2) is 4.67. The Kier molecular flexibility index (Phi) is 3.27. The molecule has 0 amide bonds. The van der Waals surface area contributed by atoms with E-state index < -0.39 is 0 Å². The first-order valence-electron chi connectivity index (χ1n) is 4.28. The smallest absolute Gasteiger partial charge is 0.233 e. The predicted molar refractivity (Wildman–Crippen MR) is 60.9 cm³/mol. The van der Waals surface area contributed by atoms with Crippen LogP contribution in [0.1, 0.15) is 10.7 Å². The minimum absolute atomic E-state index is 0.426. The van der Waals surface area contributed by atoms with Crippen LogP contribution in [0.15, 0.2) is 22.1 Å². The van der Waals surface area contributed by atoms with E-state index in [0.717, 1.165) is 14.5 Å². The zero-order valence-electron chi connectivity index (χ0n) is 7.98. The number of halogens is 1. The third-order valence-corrected chi connectivity index (χ3v) is 3.65. The molecule has 0 bridgehead atoms. The van der Waals surface area contributed by atoms with Crippen molar-refractivity contribution in [3.05, 3.63) is 32.8 Å². The van der Waals surface area contributed by atoms with Crippen molar-refractivity contribution in [3.63, 3.8) is 0 Å². The number of ether oxygens (including phenoxy) is 1. The average molecular weight is 286 g/mol. The first-order valence-corrected chi connectivity index (χ1v) is 5.89. The monoisotopic (exact) mass is 285 g/mol. The summed E-state index contributed by atoms with van der Waals surface area (Å²) in [6, 6.07) is 3.55. The third kappa shape index (κ3) is 2.73. The van der Waals surface area contributed by atoms with Crippen LogP contribution < -0.4 is 4.74 Å². The maximum Gasteiger partial charge on any atom is 0.233 e. The molecule has 0 atom stereocenters. The Morgan fingerprint density at radius 1 is 1.53 bits per heavy atom. The number of hydrogen-bond donors (Lipinski definition) is 0. The zero-order valence-corrected chi connectivity index (χ0v) is 10.4. The van der Waals surface area contributed by atoms with E-state index >= 15 is 0 Å². The van der Waals surface area contributed by atoms with Crippen molar-refractivity contribution in [3.8, 4) is 5.88 Å². The summed E-state index contributed by atoms with van der Waals surface area (Å²) >= 11 is 4.98. The fourth-order valence-corrected chi connectivity index (χ4v) is 2.34. The summed E-state index contributed by atoms with van der Waals surface area (Å²) < 4.78 is 6.46. The molecule has 0 aliphatic heterocycles. The summed E-state index contributed by atoms with van der Waals surface area (Å²) in [7, 11) is 0. The lowest BCUT2D eigenvalue weighted by molar-refractivity contribution is 0.289. The highest BCUT2D eigenvalue weighted by molar-refractivity contribution is 9.11. The number of hydrogen-bond acceptors (Lipinski definition) is 5. The second-order valence-electron chi connectivity index (χ2n) is 2.82. The summed E-state index contributed by atoms with van der Waals surface area (Å²) in [5.74, 6) is 0.515. The molecule has 2 aromatic rings. The lowest BCUT2D eigenvalue weighted by Crippen LogP contribution is -1.97. The summed E-state index contributed by atoms with van der Waals surface area (Å²) in [4.78, 5) is 4.32. The van der Waals surface area contributed by atoms with Crippen LogP contribution in [-0.4, -0.2) is 15.2 Å². The van der Waals surface area contributed by atoms with E-state index in [9.17, 15) is 0 Å². The van der Waals surface area contributed by atoms with Gasteiger partial charge in [-0.05, 0) is 28.9 Å². The van der Waals surface area contributed by atoms with Crippen molar-refractivity contribution in [2.24, 2.45) is 0 Å². The van der Waals surface area contributed by atoms with Gasteiger partial charge in [0, 0.05) is 12.3 Å². The van der Waals surface area contributed by atoms with E-state index in [4.69, 9.17) is 4.74 Å². The van der Waals surface area contributed by atoms with Crippen LogP contribution in [0.25, 0.3) is 0 Å². The molecule has 15 heavy (non-hydrogen) atoms. The molecule has 0 saturated heterocycles. The highest BCUT2D eigenvalue weighted by atomic mass is 79.9. The van der Waals surface area contributed by atoms with Gasteiger partial charge in [-0.1, -0.05) is 0 Å². The van der Waals surface area contributed by atoms with E-state index in [-0.39, 0.29) is 0 Å². The summed E-state index contributed by atoms with van der Waals surface area (Å²) in [6.07, 6.45) is 1.61. The lowest BCUT2D eigenvalue weighted by Gasteiger charge is -1.99. The molecule has 0 aliphatic carbocycles.